The Kier molecular flexibility index (Phi) is 4.35. The molecular weight excluding hydrogens is 322 g/mol. The molecule has 8 heteroatoms. The monoisotopic (exact) mass is 332 g/mol. The molecule has 0 aliphatic carbocycles. The highest BCUT2D eigenvalue weighted by Crippen LogP contribution is 2.38. The summed E-state index contributed by atoms with van der Waals surface area (Å²) in [7, 11) is 0. The van der Waals surface area contributed by atoms with Crippen LogP contribution in [0.3, 0.4) is 0 Å². The average molecular weight is 332 g/mol. The van der Waals surface area contributed by atoms with Crippen LogP contribution in [-0.4, -0.2) is 6.21 Å². The molecule has 0 spiro atoms. The number of hydrogen-bond donors (Lipinski definition) is 1. The number of halogens is 6. The van der Waals surface area contributed by atoms with Crippen LogP contribution >= 0.6 is 0 Å². The number of hydrogen-bond acceptors (Lipinski definition) is 2. The second-order valence-corrected chi connectivity index (χ2v) is 4.69. The Morgan fingerprint density at radius 2 is 1.22 bits per heavy atom. The third kappa shape index (κ3) is 4.02. The molecule has 2 N–H and O–H groups in total. The minimum absolute atomic E-state index is 0.0962. The quantitative estimate of drug-likeness (QED) is 0.369. The van der Waals surface area contributed by atoms with Crippen molar-refractivity contribution in [1.82, 2.24) is 0 Å². The maximum atomic E-state index is 12.8. The fourth-order valence-electron chi connectivity index (χ4n) is 1.97. The van der Waals surface area contributed by atoms with Crippen LogP contribution < -0.4 is 5.84 Å². The summed E-state index contributed by atoms with van der Waals surface area (Å²) in [5, 5.41) is 3.28. The smallest absolute Gasteiger partial charge is 0.323 e. The van der Waals surface area contributed by atoms with Crippen molar-refractivity contribution in [2.45, 2.75) is 12.4 Å². The van der Waals surface area contributed by atoms with E-state index in [0.717, 1.165) is 0 Å². The Balaban J connectivity index is 2.57. The summed E-state index contributed by atoms with van der Waals surface area (Å²) in [6, 6.07) is 7.22. The van der Waals surface area contributed by atoms with Crippen molar-refractivity contribution in [2.75, 3.05) is 0 Å². The van der Waals surface area contributed by atoms with Crippen molar-refractivity contribution in [1.29, 1.82) is 0 Å². The Bertz CT molecular complexity index is 682. The SMILES string of the molecule is NN=Cc1ccc(-c2cc(C(F)(F)F)cc(C(F)(F)F)c2)cc1. The molecule has 0 unspecified atom stereocenters. The van der Waals surface area contributed by atoms with Gasteiger partial charge in [0.25, 0.3) is 0 Å². The van der Waals surface area contributed by atoms with Gasteiger partial charge in [0.05, 0.1) is 17.3 Å². The van der Waals surface area contributed by atoms with Crippen molar-refractivity contribution in [2.24, 2.45) is 10.9 Å². The Hall–Kier alpha value is -2.51. The normalized spacial score (nSPS) is 12.8. The Morgan fingerprint density at radius 3 is 1.61 bits per heavy atom. The molecule has 2 nitrogen and oxygen atoms in total. The zero-order chi connectivity index (χ0) is 17.3. The molecule has 0 bridgehead atoms. The molecule has 0 radical (unpaired) electrons. The summed E-state index contributed by atoms with van der Waals surface area (Å²) in [5.74, 6) is 4.96. The van der Waals surface area contributed by atoms with Gasteiger partial charge in [-0.3, -0.25) is 0 Å². The summed E-state index contributed by atoms with van der Waals surface area (Å²) < 4.78 is 76.9. The minimum atomic E-state index is -4.87. The van der Waals surface area contributed by atoms with Gasteiger partial charge in [-0.25, -0.2) is 0 Å². The number of nitrogens with zero attached hydrogens (tertiary/aromatic N) is 1. The maximum absolute atomic E-state index is 12.8. The van der Waals surface area contributed by atoms with E-state index in [2.05, 4.69) is 5.10 Å². The van der Waals surface area contributed by atoms with Crippen LogP contribution in [0.15, 0.2) is 47.6 Å². The van der Waals surface area contributed by atoms with Gasteiger partial charge in [0.15, 0.2) is 0 Å². The molecule has 0 fully saturated rings. The molecule has 0 saturated carbocycles. The molecule has 0 aromatic heterocycles. The second kappa shape index (κ2) is 5.94. The first kappa shape index (κ1) is 16.9. The van der Waals surface area contributed by atoms with E-state index in [9.17, 15) is 26.3 Å². The van der Waals surface area contributed by atoms with Crippen LogP contribution in [0.5, 0.6) is 0 Å². The molecule has 0 amide bonds. The minimum Gasteiger partial charge on any atom is -0.323 e. The van der Waals surface area contributed by atoms with Crippen LogP contribution in [0.2, 0.25) is 0 Å². The zero-order valence-corrected chi connectivity index (χ0v) is 11.4. The van der Waals surface area contributed by atoms with Gasteiger partial charge in [-0.1, -0.05) is 24.3 Å². The van der Waals surface area contributed by atoms with E-state index in [4.69, 9.17) is 5.84 Å². The average Bonchev–Trinajstić information content (AvgIpc) is 2.46. The molecule has 0 atom stereocenters. The molecule has 0 aliphatic heterocycles. The van der Waals surface area contributed by atoms with E-state index < -0.39 is 23.5 Å². The number of benzene rings is 2. The predicted molar refractivity (Wildman–Crippen MR) is 73.7 cm³/mol. The van der Waals surface area contributed by atoms with Gasteiger partial charge in [-0.2, -0.15) is 31.4 Å². The second-order valence-electron chi connectivity index (χ2n) is 4.69. The van der Waals surface area contributed by atoms with E-state index in [-0.39, 0.29) is 17.2 Å². The van der Waals surface area contributed by atoms with Gasteiger partial charge in [0, 0.05) is 0 Å². The third-order valence-corrected chi connectivity index (χ3v) is 3.06. The Labute approximate surface area is 127 Å². The van der Waals surface area contributed by atoms with Gasteiger partial charge < -0.3 is 5.84 Å². The Morgan fingerprint density at radius 1 is 0.739 bits per heavy atom. The van der Waals surface area contributed by atoms with Gasteiger partial charge in [-0.15, -0.1) is 0 Å². The molecule has 23 heavy (non-hydrogen) atoms. The fraction of sp³-hybridized carbons (Fsp3) is 0.133. The number of hydrazone groups is 1. The lowest BCUT2D eigenvalue weighted by Crippen LogP contribution is -2.11. The first-order valence-corrected chi connectivity index (χ1v) is 6.24. The van der Waals surface area contributed by atoms with Crippen molar-refractivity contribution in [3.05, 3.63) is 59.2 Å². The van der Waals surface area contributed by atoms with E-state index >= 15 is 0 Å². The van der Waals surface area contributed by atoms with Gasteiger partial charge in [-0.05, 0) is 34.9 Å². The van der Waals surface area contributed by atoms with Crippen LogP contribution in [0.1, 0.15) is 16.7 Å². The van der Waals surface area contributed by atoms with E-state index in [1.165, 1.54) is 30.5 Å². The van der Waals surface area contributed by atoms with Gasteiger partial charge >= 0.3 is 12.4 Å². The summed E-state index contributed by atoms with van der Waals surface area (Å²) in [6.45, 7) is 0. The van der Waals surface area contributed by atoms with Gasteiger partial charge in [0.1, 0.15) is 0 Å². The van der Waals surface area contributed by atoms with Crippen molar-refractivity contribution in [3.8, 4) is 11.1 Å². The highest BCUT2D eigenvalue weighted by molar-refractivity contribution is 5.80. The number of rotatable bonds is 2. The third-order valence-electron chi connectivity index (χ3n) is 3.06. The molecule has 0 saturated heterocycles. The van der Waals surface area contributed by atoms with Crippen LogP contribution in [-0.2, 0) is 12.4 Å². The van der Waals surface area contributed by atoms with Crippen molar-refractivity contribution in [3.63, 3.8) is 0 Å². The summed E-state index contributed by atoms with van der Waals surface area (Å²) >= 11 is 0. The standard InChI is InChI=1S/C15H10F6N2/c16-14(17,18)12-5-11(6-13(7-12)15(19,20)21)10-3-1-9(2-4-10)8-23-22/h1-8H,22H2. The molecule has 122 valence electrons. The topological polar surface area (TPSA) is 38.4 Å². The van der Waals surface area contributed by atoms with E-state index in [1.54, 1.807) is 0 Å². The highest BCUT2D eigenvalue weighted by atomic mass is 19.4. The zero-order valence-electron chi connectivity index (χ0n) is 11.4. The van der Waals surface area contributed by atoms with Crippen LogP contribution in [0, 0.1) is 0 Å². The fourth-order valence-corrected chi connectivity index (χ4v) is 1.97. The number of nitrogens with two attached hydrogens (primary N) is 1. The molecule has 2 rings (SSSR count). The predicted octanol–water partition coefficient (Wildman–Crippen LogP) is 4.68. The molecule has 0 heterocycles. The molecule has 2 aromatic rings. The largest absolute Gasteiger partial charge is 0.416 e. The first-order valence-electron chi connectivity index (χ1n) is 6.24. The summed E-state index contributed by atoms with van der Waals surface area (Å²) in [4.78, 5) is 0. The molecule has 0 aliphatic rings. The first-order chi connectivity index (χ1) is 10.6. The highest BCUT2D eigenvalue weighted by Gasteiger charge is 2.36. The maximum Gasteiger partial charge on any atom is 0.416 e. The lowest BCUT2D eigenvalue weighted by Gasteiger charge is -2.14. The van der Waals surface area contributed by atoms with E-state index in [0.29, 0.717) is 17.7 Å². The molecular formula is C15H10F6N2. The van der Waals surface area contributed by atoms with Crippen molar-refractivity contribution >= 4 is 6.21 Å². The van der Waals surface area contributed by atoms with Crippen LogP contribution in [0.25, 0.3) is 11.1 Å². The summed E-state index contributed by atoms with van der Waals surface area (Å²) in [5.41, 5.74) is -2.09. The van der Waals surface area contributed by atoms with Gasteiger partial charge in [0.2, 0.25) is 0 Å². The lowest BCUT2D eigenvalue weighted by atomic mass is 9.98. The van der Waals surface area contributed by atoms with Crippen LogP contribution in [0.4, 0.5) is 26.3 Å². The number of alkyl halides is 6. The lowest BCUT2D eigenvalue weighted by molar-refractivity contribution is -0.143. The molecule has 2 aromatic carbocycles. The van der Waals surface area contributed by atoms with E-state index in [1.807, 2.05) is 0 Å². The van der Waals surface area contributed by atoms with Crippen molar-refractivity contribution < 1.29 is 26.3 Å². The summed E-state index contributed by atoms with van der Waals surface area (Å²) in [6.07, 6.45) is -8.44.